The minimum absolute atomic E-state index is 0.321. The van der Waals surface area contributed by atoms with E-state index in [2.05, 4.69) is 25.0 Å². The van der Waals surface area contributed by atoms with Crippen LogP contribution in [0.4, 0.5) is 11.5 Å². The number of ether oxygens (including phenoxy) is 4. The fourth-order valence-corrected chi connectivity index (χ4v) is 3.82. The Hall–Kier alpha value is -3.08. The van der Waals surface area contributed by atoms with Crippen molar-refractivity contribution in [3.63, 3.8) is 0 Å². The smallest absolute Gasteiger partial charge is 0.337 e. The largest absolute Gasteiger partial charge is 0.476 e. The van der Waals surface area contributed by atoms with E-state index in [0.717, 1.165) is 57.2 Å². The van der Waals surface area contributed by atoms with Gasteiger partial charge in [0, 0.05) is 50.5 Å². The Labute approximate surface area is 199 Å². The lowest BCUT2D eigenvalue weighted by atomic mass is 10.1. The van der Waals surface area contributed by atoms with E-state index in [9.17, 15) is 4.79 Å². The summed E-state index contributed by atoms with van der Waals surface area (Å²) < 4.78 is 21.7. The van der Waals surface area contributed by atoms with Crippen LogP contribution in [0, 0.1) is 0 Å². The second-order valence-electron chi connectivity index (χ2n) is 8.02. The molecule has 4 rings (SSSR count). The number of methoxy groups -OCH3 is 1. The van der Waals surface area contributed by atoms with Crippen molar-refractivity contribution >= 4 is 17.5 Å². The van der Waals surface area contributed by atoms with Crippen molar-refractivity contribution in [2.45, 2.75) is 6.54 Å². The maximum atomic E-state index is 11.8. The first-order chi connectivity index (χ1) is 16.7. The molecule has 0 amide bonds. The summed E-state index contributed by atoms with van der Waals surface area (Å²) in [6.45, 7) is 8.00. The molecule has 0 bridgehead atoms. The molecule has 0 unspecified atom stereocenters. The van der Waals surface area contributed by atoms with Gasteiger partial charge in [0.1, 0.15) is 6.61 Å². The van der Waals surface area contributed by atoms with Gasteiger partial charge in [-0.15, -0.1) is 5.11 Å². The predicted molar refractivity (Wildman–Crippen MR) is 126 cm³/mol. The zero-order valence-corrected chi connectivity index (χ0v) is 19.5. The quantitative estimate of drug-likeness (QED) is 0.408. The molecule has 2 aromatic rings. The van der Waals surface area contributed by atoms with Crippen molar-refractivity contribution in [1.82, 2.24) is 9.88 Å². The molecule has 182 valence electrons. The number of hydrogen-bond acceptors (Lipinski definition) is 10. The van der Waals surface area contributed by atoms with E-state index in [1.54, 1.807) is 18.2 Å². The van der Waals surface area contributed by atoms with Gasteiger partial charge < -0.3 is 23.8 Å². The average molecular weight is 470 g/mol. The monoisotopic (exact) mass is 469 g/mol. The summed E-state index contributed by atoms with van der Waals surface area (Å²) >= 11 is 0. The molecule has 2 aliphatic rings. The van der Waals surface area contributed by atoms with Crippen molar-refractivity contribution in [3.05, 3.63) is 47.5 Å². The van der Waals surface area contributed by atoms with Crippen LogP contribution in [0.1, 0.15) is 15.9 Å². The lowest BCUT2D eigenvalue weighted by molar-refractivity contribution is 0.0320. The van der Waals surface area contributed by atoms with E-state index in [1.807, 2.05) is 18.2 Å². The van der Waals surface area contributed by atoms with E-state index < -0.39 is 0 Å². The molecule has 10 heteroatoms. The van der Waals surface area contributed by atoms with E-state index in [-0.39, 0.29) is 5.97 Å². The molecular formula is C24H31N5O5. The Morgan fingerprint density at radius 1 is 1.06 bits per heavy atom. The lowest BCUT2D eigenvalue weighted by Gasteiger charge is -2.29. The van der Waals surface area contributed by atoms with Gasteiger partial charge in [0.05, 0.1) is 45.6 Å². The van der Waals surface area contributed by atoms with Gasteiger partial charge in [-0.2, -0.15) is 10.1 Å². The Balaban J connectivity index is 1.44. The van der Waals surface area contributed by atoms with Gasteiger partial charge in [0.2, 0.25) is 5.88 Å². The van der Waals surface area contributed by atoms with Crippen molar-refractivity contribution in [2.24, 2.45) is 10.2 Å². The number of carbonyl (C=O) groups excluding carboxylic acids is 1. The average Bonchev–Trinajstić information content (AvgIpc) is 2.89. The van der Waals surface area contributed by atoms with Crippen molar-refractivity contribution in [3.8, 4) is 5.88 Å². The van der Waals surface area contributed by atoms with Crippen LogP contribution in [0.25, 0.3) is 0 Å². The summed E-state index contributed by atoms with van der Waals surface area (Å²) in [4.78, 5) is 20.8. The SMILES string of the molecule is COC(=O)c1cccc(CN=Nc2cc(N3CCOCC3)cc(OCCN3CCOCC3)n2)c1. The van der Waals surface area contributed by atoms with Crippen molar-refractivity contribution in [1.29, 1.82) is 0 Å². The van der Waals surface area contributed by atoms with Gasteiger partial charge in [-0.1, -0.05) is 12.1 Å². The minimum atomic E-state index is -0.377. The van der Waals surface area contributed by atoms with E-state index in [0.29, 0.717) is 43.6 Å². The molecule has 1 aromatic heterocycles. The minimum Gasteiger partial charge on any atom is -0.476 e. The molecule has 34 heavy (non-hydrogen) atoms. The van der Waals surface area contributed by atoms with Gasteiger partial charge >= 0.3 is 5.97 Å². The van der Waals surface area contributed by atoms with Gasteiger partial charge in [-0.25, -0.2) is 4.79 Å². The third kappa shape index (κ3) is 6.96. The number of carbonyl (C=O) groups is 1. The number of nitrogens with zero attached hydrogens (tertiary/aromatic N) is 5. The number of pyridine rings is 1. The predicted octanol–water partition coefficient (Wildman–Crippen LogP) is 2.70. The highest BCUT2D eigenvalue weighted by Crippen LogP contribution is 2.26. The van der Waals surface area contributed by atoms with Crippen LogP contribution in [0.3, 0.4) is 0 Å². The maximum Gasteiger partial charge on any atom is 0.337 e. The van der Waals surface area contributed by atoms with Crippen LogP contribution < -0.4 is 9.64 Å². The number of hydrogen-bond donors (Lipinski definition) is 0. The molecule has 0 saturated carbocycles. The molecule has 0 spiro atoms. The maximum absolute atomic E-state index is 11.8. The molecule has 0 aliphatic carbocycles. The second-order valence-corrected chi connectivity index (χ2v) is 8.02. The zero-order valence-electron chi connectivity index (χ0n) is 19.5. The van der Waals surface area contributed by atoms with Gasteiger partial charge in [-0.05, 0) is 17.7 Å². The fourth-order valence-electron chi connectivity index (χ4n) is 3.82. The number of azo groups is 1. The molecule has 0 radical (unpaired) electrons. The van der Waals surface area contributed by atoms with Gasteiger partial charge in [-0.3, -0.25) is 4.90 Å². The molecule has 3 heterocycles. The van der Waals surface area contributed by atoms with Crippen LogP contribution in [-0.2, 0) is 20.8 Å². The zero-order chi connectivity index (χ0) is 23.6. The Morgan fingerprint density at radius 3 is 2.59 bits per heavy atom. The number of esters is 1. The van der Waals surface area contributed by atoms with E-state index >= 15 is 0 Å². The highest BCUT2D eigenvalue weighted by atomic mass is 16.5. The van der Waals surface area contributed by atoms with Crippen molar-refractivity contribution in [2.75, 3.05) is 77.8 Å². The first kappa shape index (κ1) is 24.1. The Morgan fingerprint density at radius 2 is 1.82 bits per heavy atom. The normalized spacial score (nSPS) is 17.1. The second kappa shape index (κ2) is 12.4. The highest BCUT2D eigenvalue weighted by molar-refractivity contribution is 5.89. The number of morpholine rings is 2. The van der Waals surface area contributed by atoms with Crippen LogP contribution in [-0.4, -0.2) is 88.7 Å². The lowest BCUT2D eigenvalue weighted by Crippen LogP contribution is -2.38. The summed E-state index contributed by atoms with van der Waals surface area (Å²) in [7, 11) is 1.36. The van der Waals surface area contributed by atoms with E-state index in [1.165, 1.54) is 7.11 Å². The molecule has 2 fully saturated rings. The summed E-state index contributed by atoms with van der Waals surface area (Å²) in [6, 6.07) is 11.0. The molecule has 0 atom stereocenters. The molecule has 0 N–H and O–H groups in total. The number of rotatable bonds is 9. The molecule has 1 aromatic carbocycles. The highest BCUT2D eigenvalue weighted by Gasteiger charge is 2.15. The van der Waals surface area contributed by atoms with E-state index in [4.69, 9.17) is 18.9 Å². The molecule has 10 nitrogen and oxygen atoms in total. The van der Waals surface area contributed by atoms with Crippen LogP contribution in [0.2, 0.25) is 0 Å². The topological polar surface area (TPSA) is 98.1 Å². The van der Waals surface area contributed by atoms with Crippen LogP contribution in [0.5, 0.6) is 5.88 Å². The first-order valence-electron chi connectivity index (χ1n) is 11.5. The number of aromatic nitrogens is 1. The standard InChI is InChI=1S/C24H31N5O5/c1-31-24(30)20-4-2-3-19(15-20)18-25-27-22-16-21(29-8-12-33-13-9-29)17-23(26-22)34-14-7-28-5-10-32-11-6-28/h2-4,15-17H,5-14,18H2,1H3. The van der Waals surface area contributed by atoms with Gasteiger partial charge in [0.15, 0.2) is 5.82 Å². The molecular weight excluding hydrogens is 438 g/mol. The summed E-state index contributed by atoms with van der Waals surface area (Å²) in [6.07, 6.45) is 0. The number of anilines is 1. The van der Waals surface area contributed by atoms with Crippen LogP contribution >= 0.6 is 0 Å². The Kier molecular flexibility index (Phi) is 8.78. The summed E-state index contributed by atoms with van der Waals surface area (Å²) in [5.41, 5.74) is 2.33. The summed E-state index contributed by atoms with van der Waals surface area (Å²) in [5, 5.41) is 8.65. The Bertz CT molecular complexity index is 974. The first-order valence-corrected chi connectivity index (χ1v) is 11.5. The number of benzene rings is 1. The molecule has 2 saturated heterocycles. The van der Waals surface area contributed by atoms with Crippen LogP contribution in [0.15, 0.2) is 46.6 Å². The van der Waals surface area contributed by atoms with Gasteiger partial charge in [0.25, 0.3) is 0 Å². The third-order valence-corrected chi connectivity index (χ3v) is 5.69. The third-order valence-electron chi connectivity index (χ3n) is 5.69. The molecule has 2 aliphatic heterocycles. The van der Waals surface area contributed by atoms with Crippen molar-refractivity contribution < 1.29 is 23.7 Å². The fraction of sp³-hybridized carbons (Fsp3) is 0.500. The summed E-state index contributed by atoms with van der Waals surface area (Å²) in [5.74, 6) is 0.630.